The fourth-order valence-corrected chi connectivity index (χ4v) is 2.18. The molecule has 0 aromatic carbocycles. The summed E-state index contributed by atoms with van der Waals surface area (Å²) < 4.78 is 11.6. The van der Waals surface area contributed by atoms with E-state index in [1.54, 1.807) is 0 Å². The Hall–Kier alpha value is -2.82. The molecule has 0 bridgehead atoms. The van der Waals surface area contributed by atoms with Gasteiger partial charge in [-0.2, -0.15) is 10.1 Å². The van der Waals surface area contributed by atoms with Crippen LogP contribution in [0, 0.1) is 4.91 Å². The zero-order valence-electron chi connectivity index (χ0n) is 12.1. The monoisotopic (exact) mass is 323 g/mol. The maximum Gasteiger partial charge on any atom is 0.354 e. The van der Waals surface area contributed by atoms with Gasteiger partial charge in [-0.15, -0.1) is 0 Å². The number of hydrogen-bond donors (Lipinski definition) is 2. The molecule has 3 rings (SSSR count). The van der Waals surface area contributed by atoms with Crippen LogP contribution < -0.4 is 5.32 Å². The van der Waals surface area contributed by atoms with E-state index in [9.17, 15) is 9.70 Å². The largest absolute Gasteiger partial charge is 0.376 e. The topological polar surface area (TPSA) is 135 Å². The van der Waals surface area contributed by atoms with Gasteiger partial charge in [-0.3, -0.25) is 9.48 Å². The molecule has 1 atom stereocenters. The van der Waals surface area contributed by atoms with E-state index in [1.807, 2.05) is 0 Å². The average molecular weight is 323 g/mol. The van der Waals surface area contributed by atoms with Gasteiger partial charge in [0.15, 0.2) is 5.82 Å². The maximum absolute atomic E-state index is 11.9. The molecule has 2 N–H and O–H groups in total. The van der Waals surface area contributed by atoms with Crippen molar-refractivity contribution in [3.8, 4) is 0 Å². The van der Waals surface area contributed by atoms with Crippen LogP contribution in [0.4, 0.5) is 5.69 Å². The normalized spacial score (nSPS) is 17.3. The molecule has 11 heteroatoms. The number of carbonyl (C=O) groups is 1. The Morgan fingerprint density at radius 3 is 3.13 bits per heavy atom. The van der Waals surface area contributed by atoms with E-state index >= 15 is 0 Å². The van der Waals surface area contributed by atoms with Gasteiger partial charge in [0, 0.05) is 13.2 Å². The van der Waals surface area contributed by atoms with Crippen molar-refractivity contribution in [2.24, 2.45) is 0 Å². The minimum absolute atomic E-state index is 0.0250. The molecule has 1 aliphatic heterocycles. The third kappa shape index (κ3) is 3.69. The highest BCUT2D eigenvalue weighted by Crippen LogP contribution is 2.11. The lowest BCUT2D eigenvalue weighted by molar-refractivity contribution is -0.729. The van der Waals surface area contributed by atoms with Gasteiger partial charge < -0.3 is 14.6 Å². The molecule has 23 heavy (non-hydrogen) atoms. The minimum Gasteiger partial charge on any atom is -0.376 e. The summed E-state index contributed by atoms with van der Waals surface area (Å²) >= 11 is 0. The summed E-state index contributed by atoms with van der Waals surface area (Å²) in [6.07, 6.45) is 4.42. The lowest BCUT2D eigenvalue weighted by atomic mass is 10.2. The first kappa shape index (κ1) is 15.1. The van der Waals surface area contributed by atoms with E-state index in [0.29, 0.717) is 13.2 Å². The summed E-state index contributed by atoms with van der Waals surface area (Å²) in [5.41, 5.74) is -0.0250. The number of hydrogen-bond acceptors (Lipinski definition) is 7. The van der Waals surface area contributed by atoms with Crippen molar-refractivity contribution in [1.29, 1.82) is 0 Å². The first-order chi connectivity index (χ1) is 11.1. The summed E-state index contributed by atoms with van der Waals surface area (Å²) in [5.74, 6) is -0.406. The van der Waals surface area contributed by atoms with E-state index in [2.05, 4.69) is 20.6 Å². The predicted molar refractivity (Wildman–Crippen MR) is 72.0 cm³/mol. The maximum atomic E-state index is 11.9. The number of nitrogens with zero attached hydrogens (tertiary/aromatic N) is 5. The minimum atomic E-state index is -0.471. The fraction of sp³-hybridized carbons (Fsp3) is 0.500. The Bertz CT molecular complexity index is 704. The SMILES string of the molecule is O=C(NCC1CCCO1)c1nc(Cn2cc([N+](=O)O)cn2)no1. The standard InChI is InChI=1S/C12H14N6O5/c19-11(13-5-9-2-1-3-22-9)12-15-10(16-23-12)7-17-6-8(4-14-17)18(20)21/h4,6,9H,1-3,5,7H2,(H-,13,19,20,21)/p+1. The molecular weight excluding hydrogens is 308 g/mol. The molecule has 0 saturated carbocycles. The van der Waals surface area contributed by atoms with E-state index in [4.69, 9.17) is 14.5 Å². The molecule has 0 aliphatic carbocycles. The van der Waals surface area contributed by atoms with Crippen LogP contribution in [0.25, 0.3) is 0 Å². The van der Waals surface area contributed by atoms with Crippen LogP contribution in [-0.2, 0) is 11.3 Å². The molecule has 0 radical (unpaired) electrons. The van der Waals surface area contributed by atoms with Gasteiger partial charge >= 0.3 is 17.5 Å². The van der Waals surface area contributed by atoms with Gasteiger partial charge in [-0.25, -0.2) is 5.21 Å². The van der Waals surface area contributed by atoms with Crippen molar-refractivity contribution in [1.82, 2.24) is 25.2 Å². The van der Waals surface area contributed by atoms with E-state index < -0.39 is 5.91 Å². The molecule has 2 aromatic heterocycles. The van der Waals surface area contributed by atoms with Crippen molar-refractivity contribution in [3.63, 3.8) is 0 Å². The molecule has 11 nitrogen and oxygen atoms in total. The number of aromatic nitrogens is 4. The number of rotatable bonds is 6. The summed E-state index contributed by atoms with van der Waals surface area (Å²) in [7, 11) is 0. The van der Waals surface area contributed by atoms with Gasteiger partial charge in [-0.05, 0) is 12.8 Å². The smallest absolute Gasteiger partial charge is 0.354 e. The Balaban J connectivity index is 1.56. The lowest BCUT2D eigenvalue weighted by Gasteiger charge is -2.08. The highest BCUT2D eigenvalue weighted by Gasteiger charge is 2.20. The highest BCUT2D eigenvalue weighted by atomic mass is 16.6. The van der Waals surface area contributed by atoms with Crippen molar-refractivity contribution in [3.05, 3.63) is 29.0 Å². The molecule has 1 amide bonds. The fourth-order valence-electron chi connectivity index (χ4n) is 2.18. The zero-order valence-corrected chi connectivity index (χ0v) is 12.1. The number of ether oxygens (including phenoxy) is 1. The zero-order chi connectivity index (χ0) is 16.2. The van der Waals surface area contributed by atoms with Crippen LogP contribution in [0.1, 0.15) is 29.4 Å². The van der Waals surface area contributed by atoms with Crippen LogP contribution in [0.3, 0.4) is 0 Å². The average Bonchev–Trinajstić information content (AvgIpc) is 3.27. The van der Waals surface area contributed by atoms with Gasteiger partial charge in [0.2, 0.25) is 0 Å². The molecule has 1 fully saturated rings. The Kier molecular flexibility index (Phi) is 4.28. The van der Waals surface area contributed by atoms with Gasteiger partial charge in [-0.1, -0.05) is 5.16 Å². The van der Waals surface area contributed by atoms with Gasteiger partial charge in [0.05, 0.1) is 11.0 Å². The summed E-state index contributed by atoms with van der Waals surface area (Å²) in [5, 5.41) is 18.9. The van der Waals surface area contributed by atoms with Crippen molar-refractivity contribution >= 4 is 11.6 Å². The lowest BCUT2D eigenvalue weighted by Crippen LogP contribution is -2.31. The second kappa shape index (κ2) is 6.52. The van der Waals surface area contributed by atoms with E-state index in [0.717, 1.165) is 12.8 Å². The number of nitrogens with one attached hydrogen (secondary N) is 1. The molecule has 122 valence electrons. The first-order valence-electron chi connectivity index (χ1n) is 7.03. The Morgan fingerprint density at radius 2 is 2.43 bits per heavy atom. The van der Waals surface area contributed by atoms with Gasteiger partial charge in [0.1, 0.15) is 18.9 Å². The van der Waals surface area contributed by atoms with Crippen LogP contribution in [0.15, 0.2) is 16.9 Å². The summed E-state index contributed by atoms with van der Waals surface area (Å²) in [4.78, 5) is 26.2. The Labute approximate surface area is 129 Å². The first-order valence-corrected chi connectivity index (χ1v) is 7.03. The van der Waals surface area contributed by atoms with Crippen molar-refractivity contribution < 1.29 is 24.2 Å². The molecule has 3 heterocycles. The van der Waals surface area contributed by atoms with E-state index in [1.165, 1.54) is 17.1 Å². The number of amides is 1. The molecule has 1 saturated heterocycles. The van der Waals surface area contributed by atoms with Crippen LogP contribution in [-0.4, -0.2) is 55.2 Å². The van der Waals surface area contributed by atoms with Crippen molar-refractivity contribution in [2.45, 2.75) is 25.5 Å². The quantitative estimate of drug-likeness (QED) is 0.710. The number of carbonyl (C=O) groups excluding carboxylic acids is 1. The second-order valence-corrected chi connectivity index (χ2v) is 5.03. The van der Waals surface area contributed by atoms with Crippen LogP contribution in [0.2, 0.25) is 0 Å². The summed E-state index contributed by atoms with van der Waals surface area (Å²) in [6, 6.07) is 0. The molecule has 0 spiro atoms. The Morgan fingerprint density at radius 1 is 1.57 bits per heavy atom. The molecule has 1 aliphatic rings. The van der Waals surface area contributed by atoms with Crippen LogP contribution >= 0.6 is 0 Å². The molecular formula is C12H15N6O5+. The molecule has 2 aromatic rings. The van der Waals surface area contributed by atoms with Gasteiger partial charge in [0.25, 0.3) is 4.92 Å². The second-order valence-electron chi connectivity index (χ2n) is 5.03. The molecule has 1 unspecified atom stereocenters. The third-order valence-electron chi connectivity index (χ3n) is 3.32. The van der Waals surface area contributed by atoms with E-state index in [-0.39, 0.29) is 35.0 Å². The summed E-state index contributed by atoms with van der Waals surface area (Å²) in [6.45, 7) is 1.21. The predicted octanol–water partition coefficient (Wildman–Crippen LogP) is 0.0228. The third-order valence-corrected chi connectivity index (χ3v) is 3.32. The van der Waals surface area contributed by atoms with Crippen LogP contribution in [0.5, 0.6) is 0 Å². The van der Waals surface area contributed by atoms with Crippen molar-refractivity contribution in [2.75, 3.05) is 13.2 Å². The highest BCUT2D eigenvalue weighted by molar-refractivity contribution is 5.89.